The standard InChI is InChI=1S/C17H26BFO4/c1-15(2,20-7)11-21-14-9-12(8-13(19)10-14)18-22-16(3,4)17(5,6)23-18/h8-10H,11H2,1-7H3. The Morgan fingerprint density at radius 3 is 2.17 bits per heavy atom. The van der Waals surface area contributed by atoms with Crippen molar-refractivity contribution in [2.24, 2.45) is 0 Å². The van der Waals surface area contributed by atoms with Gasteiger partial charge in [-0.25, -0.2) is 4.39 Å². The average molecular weight is 324 g/mol. The van der Waals surface area contributed by atoms with Crippen LogP contribution in [0.2, 0.25) is 0 Å². The van der Waals surface area contributed by atoms with Gasteiger partial charge in [-0.1, -0.05) is 0 Å². The Hall–Kier alpha value is -1.11. The van der Waals surface area contributed by atoms with E-state index in [0.29, 0.717) is 17.8 Å². The van der Waals surface area contributed by atoms with Gasteiger partial charge in [0.15, 0.2) is 0 Å². The molecule has 1 saturated heterocycles. The third kappa shape index (κ3) is 4.05. The van der Waals surface area contributed by atoms with E-state index in [2.05, 4.69) is 0 Å². The van der Waals surface area contributed by atoms with E-state index in [1.165, 1.54) is 12.1 Å². The van der Waals surface area contributed by atoms with Gasteiger partial charge in [0.05, 0.1) is 16.8 Å². The van der Waals surface area contributed by atoms with Crippen LogP contribution >= 0.6 is 0 Å². The number of hydrogen-bond acceptors (Lipinski definition) is 4. The first kappa shape index (κ1) is 18.2. The second-order valence-electron chi connectivity index (χ2n) is 7.56. The lowest BCUT2D eigenvalue weighted by molar-refractivity contribution is -0.0147. The van der Waals surface area contributed by atoms with Crippen LogP contribution in [0.4, 0.5) is 4.39 Å². The largest absolute Gasteiger partial charge is 0.495 e. The zero-order valence-electron chi connectivity index (χ0n) is 15.0. The molecule has 6 heteroatoms. The van der Waals surface area contributed by atoms with Crippen molar-refractivity contribution in [3.63, 3.8) is 0 Å². The molecule has 1 aromatic rings. The monoisotopic (exact) mass is 324 g/mol. The van der Waals surface area contributed by atoms with E-state index in [9.17, 15) is 4.39 Å². The van der Waals surface area contributed by atoms with Gasteiger partial charge in [-0.05, 0) is 59.1 Å². The normalized spacial score (nSPS) is 19.9. The van der Waals surface area contributed by atoms with Gasteiger partial charge in [0.2, 0.25) is 0 Å². The fourth-order valence-corrected chi connectivity index (χ4v) is 2.10. The zero-order valence-corrected chi connectivity index (χ0v) is 15.0. The fourth-order valence-electron chi connectivity index (χ4n) is 2.10. The lowest BCUT2D eigenvalue weighted by Gasteiger charge is -2.32. The summed E-state index contributed by atoms with van der Waals surface area (Å²) in [5.41, 5.74) is -0.781. The molecule has 1 fully saturated rings. The number of rotatable bonds is 5. The van der Waals surface area contributed by atoms with Crippen LogP contribution in [0.25, 0.3) is 0 Å². The minimum Gasteiger partial charge on any atom is -0.491 e. The van der Waals surface area contributed by atoms with E-state index in [0.717, 1.165) is 0 Å². The highest BCUT2D eigenvalue weighted by molar-refractivity contribution is 6.62. The predicted octanol–water partition coefficient (Wildman–Crippen LogP) is 2.93. The topological polar surface area (TPSA) is 36.9 Å². The second kappa shape index (κ2) is 6.08. The Balaban J connectivity index is 2.19. The van der Waals surface area contributed by atoms with Crippen molar-refractivity contribution < 1.29 is 23.2 Å². The van der Waals surface area contributed by atoms with Crippen molar-refractivity contribution in [3.05, 3.63) is 24.0 Å². The smallest absolute Gasteiger partial charge is 0.491 e. The molecule has 23 heavy (non-hydrogen) atoms. The molecular formula is C17H26BFO4. The third-order valence-electron chi connectivity index (χ3n) is 4.56. The molecule has 0 bridgehead atoms. The average Bonchev–Trinajstić information content (AvgIpc) is 2.65. The molecule has 1 aromatic carbocycles. The molecule has 0 amide bonds. The first-order valence-corrected chi connectivity index (χ1v) is 7.80. The zero-order chi connectivity index (χ0) is 17.5. The highest BCUT2D eigenvalue weighted by atomic mass is 19.1. The third-order valence-corrected chi connectivity index (χ3v) is 4.56. The summed E-state index contributed by atoms with van der Waals surface area (Å²) in [6.07, 6.45) is 0. The van der Waals surface area contributed by atoms with Crippen molar-refractivity contribution in [2.45, 2.75) is 58.3 Å². The second-order valence-corrected chi connectivity index (χ2v) is 7.56. The Kier molecular flexibility index (Phi) is 4.82. The van der Waals surface area contributed by atoms with Gasteiger partial charge in [-0.15, -0.1) is 0 Å². The summed E-state index contributed by atoms with van der Waals surface area (Å²) in [5.74, 6) is 0.0438. The predicted molar refractivity (Wildman–Crippen MR) is 88.7 cm³/mol. The molecule has 0 aliphatic carbocycles. The molecule has 0 N–H and O–H groups in total. The Morgan fingerprint density at radius 2 is 1.65 bits per heavy atom. The van der Waals surface area contributed by atoms with Gasteiger partial charge in [0.1, 0.15) is 18.2 Å². The van der Waals surface area contributed by atoms with Crippen LogP contribution < -0.4 is 10.2 Å². The maximum atomic E-state index is 13.9. The van der Waals surface area contributed by atoms with E-state index in [4.69, 9.17) is 18.8 Å². The first-order chi connectivity index (χ1) is 10.5. The summed E-state index contributed by atoms with van der Waals surface area (Å²) in [7, 11) is 0.999. The van der Waals surface area contributed by atoms with Crippen molar-refractivity contribution >= 4 is 12.6 Å². The molecular weight excluding hydrogens is 298 g/mol. The highest BCUT2D eigenvalue weighted by Crippen LogP contribution is 2.36. The summed E-state index contributed by atoms with van der Waals surface area (Å²) in [4.78, 5) is 0. The highest BCUT2D eigenvalue weighted by Gasteiger charge is 2.51. The Bertz CT molecular complexity index is 556. The van der Waals surface area contributed by atoms with E-state index < -0.39 is 23.9 Å². The number of benzene rings is 1. The maximum Gasteiger partial charge on any atom is 0.495 e. The quantitative estimate of drug-likeness (QED) is 0.781. The van der Waals surface area contributed by atoms with E-state index in [1.54, 1.807) is 13.2 Å². The molecule has 1 heterocycles. The number of halogens is 1. The SMILES string of the molecule is COC(C)(C)COc1cc(F)cc(B2OC(C)(C)C(C)(C)O2)c1. The first-order valence-electron chi connectivity index (χ1n) is 7.80. The van der Waals surface area contributed by atoms with Crippen molar-refractivity contribution in [1.82, 2.24) is 0 Å². The van der Waals surface area contributed by atoms with Crippen LogP contribution in [0.15, 0.2) is 18.2 Å². The molecule has 0 unspecified atom stereocenters. The number of ether oxygens (including phenoxy) is 2. The van der Waals surface area contributed by atoms with Gasteiger partial charge in [0.25, 0.3) is 0 Å². The number of methoxy groups -OCH3 is 1. The summed E-state index contributed by atoms with van der Waals surface area (Å²) < 4.78 is 36.8. The maximum absolute atomic E-state index is 13.9. The summed E-state index contributed by atoms with van der Waals surface area (Å²) in [6, 6.07) is 4.51. The van der Waals surface area contributed by atoms with Crippen LogP contribution in [0.3, 0.4) is 0 Å². The summed E-state index contributed by atoms with van der Waals surface area (Å²) in [6.45, 7) is 12.0. The molecule has 128 valence electrons. The molecule has 0 radical (unpaired) electrons. The van der Waals surface area contributed by atoms with E-state index in [1.807, 2.05) is 41.5 Å². The van der Waals surface area contributed by atoms with Crippen LogP contribution in [-0.4, -0.2) is 37.6 Å². The molecule has 0 spiro atoms. The lowest BCUT2D eigenvalue weighted by atomic mass is 9.79. The van der Waals surface area contributed by atoms with Gasteiger partial charge in [-0.2, -0.15) is 0 Å². The van der Waals surface area contributed by atoms with Gasteiger partial charge < -0.3 is 18.8 Å². The molecule has 0 aromatic heterocycles. The molecule has 2 rings (SSSR count). The molecule has 4 nitrogen and oxygen atoms in total. The lowest BCUT2D eigenvalue weighted by Crippen LogP contribution is -2.41. The molecule has 0 atom stereocenters. The minimum absolute atomic E-state index is 0.315. The van der Waals surface area contributed by atoms with Gasteiger partial charge >= 0.3 is 7.12 Å². The van der Waals surface area contributed by atoms with E-state index in [-0.39, 0.29) is 5.82 Å². The molecule has 1 aliphatic heterocycles. The van der Waals surface area contributed by atoms with Crippen molar-refractivity contribution in [3.8, 4) is 5.75 Å². The summed E-state index contributed by atoms with van der Waals surface area (Å²) >= 11 is 0. The fraction of sp³-hybridized carbons (Fsp3) is 0.647. The Morgan fingerprint density at radius 1 is 1.09 bits per heavy atom. The summed E-state index contributed by atoms with van der Waals surface area (Å²) in [5, 5.41) is 0. The van der Waals surface area contributed by atoms with E-state index >= 15 is 0 Å². The molecule has 1 aliphatic rings. The van der Waals surface area contributed by atoms with Gasteiger partial charge in [0, 0.05) is 13.2 Å². The van der Waals surface area contributed by atoms with Gasteiger partial charge in [-0.3, -0.25) is 0 Å². The minimum atomic E-state index is -0.617. The molecule has 0 saturated carbocycles. The van der Waals surface area contributed by atoms with Crippen molar-refractivity contribution in [1.29, 1.82) is 0 Å². The van der Waals surface area contributed by atoms with Crippen LogP contribution in [0, 0.1) is 5.82 Å². The Labute approximate surface area is 138 Å². The van der Waals surface area contributed by atoms with Crippen molar-refractivity contribution in [2.75, 3.05) is 13.7 Å². The van der Waals surface area contributed by atoms with Crippen LogP contribution in [0.1, 0.15) is 41.5 Å². The van der Waals surface area contributed by atoms with Crippen LogP contribution in [0.5, 0.6) is 5.75 Å². The van der Waals surface area contributed by atoms with Crippen LogP contribution in [-0.2, 0) is 14.0 Å². The number of hydrogen-bond donors (Lipinski definition) is 0.